The zero-order valence-electron chi connectivity index (χ0n) is 13.8. The largest absolute Gasteiger partial charge is 0.289 e. The highest BCUT2D eigenvalue weighted by Crippen LogP contribution is 2.53. The molecule has 3 aromatic rings. The van der Waals surface area contributed by atoms with Crippen LogP contribution in [0, 0.1) is 0 Å². The second kappa shape index (κ2) is 7.87. The van der Waals surface area contributed by atoms with Gasteiger partial charge in [-0.25, -0.2) is 0 Å². The highest BCUT2D eigenvalue weighted by atomic mass is 79.9. The molecule has 0 saturated heterocycles. The number of ketones is 1. The van der Waals surface area contributed by atoms with Crippen LogP contribution in [0.2, 0.25) is 0 Å². The minimum atomic E-state index is 0.108. The van der Waals surface area contributed by atoms with Gasteiger partial charge in [-0.2, -0.15) is 0 Å². The maximum Gasteiger partial charge on any atom is 0.191 e. The number of halogens is 1. The van der Waals surface area contributed by atoms with E-state index in [0.717, 1.165) is 25.4 Å². The molecule has 128 valence electrons. The van der Waals surface area contributed by atoms with Gasteiger partial charge in [0, 0.05) is 31.8 Å². The third kappa shape index (κ3) is 3.83. The van der Waals surface area contributed by atoms with Gasteiger partial charge in [0.25, 0.3) is 0 Å². The van der Waals surface area contributed by atoms with Crippen molar-refractivity contribution in [3.05, 3.63) is 104 Å². The standard InChI is InChI=1S/C22H15BrOS2/c23-17-11-12-19-20(14-17)26-22(25-19)18(13-15-7-3-1-4-8-15)21(24)16-9-5-2-6-10-16/h1-12,14H,13H2. The Morgan fingerprint density at radius 3 is 2.19 bits per heavy atom. The number of thioether (sulfide) groups is 2. The Hall–Kier alpha value is -1.75. The van der Waals surface area contributed by atoms with Crippen LogP contribution < -0.4 is 0 Å². The molecule has 4 rings (SSSR count). The van der Waals surface area contributed by atoms with Gasteiger partial charge in [-0.15, -0.1) is 0 Å². The first-order valence-corrected chi connectivity index (χ1v) is 10.7. The normalized spacial score (nSPS) is 14.8. The molecule has 0 saturated carbocycles. The van der Waals surface area contributed by atoms with Crippen LogP contribution in [0.15, 0.2) is 103 Å². The third-order valence-corrected chi connectivity index (χ3v) is 7.21. The van der Waals surface area contributed by atoms with E-state index >= 15 is 0 Å². The van der Waals surface area contributed by atoms with Crippen LogP contribution in [0.5, 0.6) is 0 Å². The van der Waals surface area contributed by atoms with E-state index < -0.39 is 0 Å². The first-order chi connectivity index (χ1) is 12.7. The van der Waals surface area contributed by atoms with E-state index in [0.29, 0.717) is 6.42 Å². The van der Waals surface area contributed by atoms with Gasteiger partial charge in [-0.05, 0) is 23.8 Å². The Morgan fingerprint density at radius 1 is 0.808 bits per heavy atom. The van der Waals surface area contributed by atoms with Crippen LogP contribution in [0.1, 0.15) is 15.9 Å². The van der Waals surface area contributed by atoms with E-state index in [1.807, 2.05) is 54.6 Å². The van der Waals surface area contributed by atoms with Gasteiger partial charge in [0.2, 0.25) is 0 Å². The number of carbonyl (C=O) groups excluding carboxylic acids is 1. The minimum Gasteiger partial charge on any atom is -0.289 e. The fourth-order valence-corrected chi connectivity index (χ4v) is 5.89. The van der Waals surface area contributed by atoms with E-state index in [9.17, 15) is 4.79 Å². The Labute approximate surface area is 170 Å². The molecule has 0 amide bonds. The van der Waals surface area contributed by atoms with Crippen LogP contribution in [0.4, 0.5) is 0 Å². The predicted molar refractivity (Wildman–Crippen MR) is 114 cm³/mol. The molecular weight excluding hydrogens is 424 g/mol. The Morgan fingerprint density at radius 2 is 1.46 bits per heavy atom. The molecule has 0 unspecified atom stereocenters. The summed E-state index contributed by atoms with van der Waals surface area (Å²) in [4.78, 5) is 15.7. The van der Waals surface area contributed by atoms with Gasteiger partial charge >= 0.3 is 0 Å². The first kappa shape index (κ1) is 17.7. The highest BCUT2D eigenvalue weighted by Gasteiger charge is 2.25. The number of hydrogen-bond donors (Lipinski definition) is 0. The van der Waals surface area contributed by atoms with Crippen LogP contribution >= 0.6 is 39.5 Å². The van der Waals surface area contributed by atoms with E-state index in [1.165, 1.54) is 9.79 Å². The molecule has 0 N–H and O–H groups in total. The summed E-state index contributed by atoms with van der Waals surface area (Å²) in [5.41, 5.74) is 2.76. The molecule has 0 aromatic heterocycles. The number of hydrogen-bond acceptors (Lipinski definition) is 3. The van der Waals surface area contributed by atoms with Crippen molar-refractivity contribution in [2.75, 3.05) is 0 Å². The van der Waals surface area contributed by atoms with Crippen LogP contribution in [0.25, 0.3) is 0 Å². The molecule has 0 bridgehead atoms. The summed E-state index contributed by atoms with van der Waals surface area (Å²) in [6, 6.07) is 26.0. The fourth-order valence-electron chi connectivity index (χ4n) is 2.80. The SMILES string of the molecule is O=C(C(Cc1ccccc1)=C1Sc2ccc(Br)cc2S1)c1ccccc1. The number of Topliss-reactive ketones (excluding diaryl/α,β-unsaturated/α-hetero) is 1. The predicted octanol–water partition coefficient (Wildman–Crippen LogP) is 6.98. The van der Waals surface area contributed by atoms with Crippen LogP contribution in [-0.2, 0) is 6.42 Å². The molecule has 1 heterocycles. The number of allylic oxidation sites excluding steroid dienone is 1. The van der Waals surface area contributed by atoms with Crippen molar-refractivity contribution >= 4 is 45.2 Å². The second-order valence-electron chi connectivity index (χ2n) is 5.92. The van der Waals surface area contributed by atoms with Crippen molar-refractivity contribution in [2.45, 2.75) is 16.2 Å². The summed E-state index contributed by atoms with van der Waals surface area (Å²) < 4.78 is 2.14. The minimum absolute atomic E-state index is 0.108. The Balaban J connectivity index is 1.75. The lowest BCUT2D eigenvalue weighted by Crippen LogP contribution is -2.07. The number of rotatable bonds is 4. The second-order valence-corrected chi connectivity index (χ2v) is 9.20. The van der Waals surface area contributed by atoms with Crippen molar-refractivity contribution in [1.82, 2.24) is 0 Å². The molecule has 0 spiro atoms. The van der Waals surface area contributed by atoms with E-state index in [4.69, 9.17) is 0 Å². The summed E-state index contributed by atoms with van der Waals surface area (Å²) in [6.07, 6.45) is 0.638. The van der Waals surface area contributed by atoms with Crippen molar-refractivity contribution in [3.8, 4) is 0 Å². The molecule has 1 aliphatic rings. The molecule has 0 aliphatic carbocycles. The van der Waals surface area contributed by atoms with E-state index in [2.05, 4.69) is 40.2 Å². The van der Waals surface area contributed by atoms with Gasteiger partial charge in [0.1, 0.15) is 0 Å². The van der Waals surface area contributed by atoms with Crippen molar-refractivity contribution in [3.63, 3.8) is 0 Å². The summed E-state index contributed by atoms with van der Waals surface area (Å²) in [6.45, 7) is 0. The summed E-state index contributed by atoms with van der Waals surface area (Å²) >= 11 is 6.92. The Bertz CT molecular complexity index is 982. The fraction of sp³-hybridized carbons (Fsp3) is 0.0455. The zero-order chi connectivity index (χ0) is 17.9. The highest BCUT2D eigenvalue weighted by molar-refractivity contribution is 9.10. The Kier molecular flexibility index (Phi) is 5.34. The van der Waals surface area contributed by atoms with Gasteiger partial charge in [0.05, 0.1) is 4.24 Å². The van der Waals surface area contributed by atoms with Gasteiger partial charge < -0.3 is 0 Å². The van der Waals surface area contributed by atoms with E-state index in [-0.39, 0.29) is 5.78 Å². The summed E-state index contributed by atoms with van der Waals surface area (Å²) in [5.74, 6) is 0.108. The molecule has 4 heteroatoms. The average molecular weight is 439 g/mol. The molecule has 1 nitrogen and oxygen atoms in total. The molecular formula is C22H15BrOS2. The molecule has 0 atom stereocenters. The first-order valence-electron chi connectivity index (χ1n) is 8.23. The lowest BCUT2D eigenvalue weighted by molar-refractivity contribution is 0.103. The molecule has 26 heavy (non-hydrogen) atoms. The van der Waals surface area contributed by atoms with Crippen LogP contribution in [0.3, 0.4) is 0 Å². The molecule has 0 fully saturated rings. The van der Waals surface area contributed by atoms with Gasteiger partial charge in [-0.3, -0.25) is 4.79 Å². The average Bonchev–Trinajstić information content (AvgIpc) is 3.10. The molecule has 3 aromatic carbocycles. The summed E-state index contributed by atoms with van der Waals surface area (Å²) in [5, 5.41) is 0. The maximum absolute atomic E-state index is 13.3. The molecule has 1 aliphatic heterocycles. The molecule has 0 radical (unpaired) electrons. The lowest BCUT2D eigenvalue weighted by atomic mass is 9.98. The third-order valence-electron chi connectivity index (χ3n) is 4.09. The lowest BCUT2D eigenvalue weighted by Gasteiger charge is -2.10. The smallest absolute Gasteiger partial charge is 0.191 e. The topological polar surface area (TPSA) is 17.1 Å². The van der Waals surface area contributed by atoms with Crippen molar-refractivity contribution in [1.29, 1.82) is 0 Å². The maximum atomic E-state index is 13.3. The van der Waals surface area contributed by atoms with Crippen molar-refractivity contribution in [2.24, 2.45) is 0 Å². The number of carbonyl (C=O) groups is 1. The van der Waals surface area contributed by atoms with Crippen molar-refractivity contribution < 1.29 is 4.79 Å². The quantitative estimate of drug-likeness (QED) is 0.322. The number of benzene rings is 3. The van der Waals surface area contributed by atoms with Crippen LogP contribution in [-0.4, -0.2) is 5.78 Å². The van der Waals surface area contributed by atoms with Gasteiger partial charge in [0.15, 0.2) is 5.78 Å². The van der Waals surface area contributed by atoms with E-state index in [1.54, 1.807) is 23.5 Å². The number of fused-ring (bicyclic) bond motifs is 1. The summed E-state index contributed by atoms with van der Waals surface area (Å²) in [7, 11) is 0. The zero-order valence-corrected chi connectivity index (χ0v) is 17.0. The monoisotopic (exact) mass is 438 g/mol. The van der Waals surface area contributed by atoms with Gasteiger partial charge in [-0.1, -0.05) is 100 Å².